The van der Waals surface area contributed by atoms with Crippen LogP contribution in [-0.2, 0) is 9.53 Å². The maximum absolute atomic E-state index is 13.2. The molecule has 2 atom stereocenters. The molecule has 2 aromatic heterocycles. The number of aromatic nitrogens is 2. The normalized spacial score (nSPS) is 19.9. The largest absolute Gasteiger partial charge is 0.497 e. The minimum absolute atomic E-state index is 0.112. The Labute approximate surface area is 205 Å². The van der Waals surface area contributed by atoms with Gasteiger partial charge in [-0.25, -0.2) is 5.01 Å². The van der Waals surface area contributed by atoms with Crippen LogP contribution in [0.15, 0.2) is 56.5 Å². The van der Waals surface area contributed by atoms with Crippen LogP contribution in [0, 0.1) is 0 Å². The first-order chi connectivity index (χ1) is 16.7. The molecule has 3 aromatic rings. The second kappa shape index (κ2) is 10.6. The number of furan rings is 1. The first-order valence-electron chi connectivity index (χ1n) is 11.1. The molecule has 1 aromatic carbocycles. The van der Waals surface area contributed by atoms with Gasteiger partial charge in [-0.1, -0.05) is 23.1 Å². The first kappa shape index (κ1) is 22.9. The monoisotopic (exact) mass is 499 g/mol. The molecule has 0 bridgehead atoms. The predicted octanol–water partition coefficient (Wildman–Crippen LogP) is 4.20. The van der Waals surface area contributed by atoms with Crippen molar-refractivity contribution < 1.29 is 18.7 Å². The number of hydrogen-bond donors (Lipinski definition) is 1. The Morgan fingerprint density at radius 3 is 2.91 bits per heavy atom. The Morgan fingerprint density at radius 2 is 2.18 bits per heavy atom. The zero-order valence-corrected chi connectivity index (χ0v) is 20.3. The molecule has 0 aliphatic carbocycles. The van der Waals surface area contributed by atoms with Crippen LogP contribution in [0.4, 0.5) is 5.13 Å². The van der Waals surface area contributed by atoms with Crippen molar-refractivity contribution in [2.45, 2.75) is 35.7 Å². The van der Waals surface area contributed by atoms with Gasteiger partial charge < -0.3 is 19.2 Å². The van der Waals surface area contributed by atoms with E-state index in [1.807, 2.05) is 36.4 Å². The number of amides is 1. The van der Waals surface area contributed by atoms with Gasteiger partial charge in [0.2, 0.25) is 5.13 Å². The molecule has 2 aliphatic rings. The molecular weight excluding hydrogens is 474 g/mol. The number of nitrogens with one attached hydrogen (secondary N) is 1. The van der Waals surface area contributed by atoms with Gasteiger partial charge in [0.25, 0.3) is 5.91 Å². The highest BCUT2D eigenvalue weighted by molar-refractivity contribution is 8.01. The SMILES string of the molecule is COc1ccc(C2=NN(C(=O)CSc3nnc(NC[C@@H]4CCCO4)s3)[C@@H](c3ccco3)C2)cc1. The van der Waals surface area contributed by atoms with Crippen LogP contribution in [0.2, 0.25) is 0 Å². The molecule has 0 spiro atoms. The summed E-state index contributed by atoms with van der Waals surface area (Å²) in [5.41, 5.74) is 1.78. The number of methoxy groups -OCH3 is 1. The lowest BCUT2D eigenvalue weighted by Gasteiger charge is -2.19. The van der Waals surface area contributed by atoms with Crippen LogP contribution in [0.3, 0.4) is 0 Å². The molecule has 1 saturated heterocycles. The first-order valence-corrected chi connectivity index (χ1v) is 12.9. The van der Waals surface area contributed by atoms with Crippen LogP contribution >= 0.6 is 23.1 Å². The minimum atomic E-state index is -0.279. The Hall–Kier alpha value is -2.89. The average molecular weight is 500 g/mol. The third-order valence-corrected chi connectivity index (χ3v) is 7.69. The van der Waals surface area contributed by atoms with Gasteiger partial charge in [0, 0.05) is 19.6 Å². The number of hydrazone groups is 1. The lowest BCUT2D eigenvalue weighted by atomic mass is 10.0. The van der Waals surface area contributed by atoms with E-state index in [2.05, 4.69) is 20.6 Å². The zero-order chi connectivity index (χ0) is 23.3. The molecule has 1 N–H and O–H groups in total. The number of carbonyl (C=O) groups excluding carboxylic acids is 1. The number of benzene rings is 1. The fourth-order valence-corrected chi connectivity index (χ4v) is 5.55. The fourth-order valence-electron chi connectivity index (χ4n) is 3.94. The maximum atomic E-state index is 13.2. The minimum Gasteiger partial charge on any atom is -0.497 e. The Bertz CT molecular complexity index is 1130. The van der Waals surface area contributed by atoms with E-state index in [4.69, 9.17) is 13.9 Å². The molecule has 1 amide bonds. The highest BCUT2D eigenvalue weighted by Crippen LogP contribution is 2.35. The Morgan fingerprint density at radius 1 is 1.29 bits per heavy atom. The summed E-state index contributed by atoms with van der Waals surface area (Å²) < 4.78 is 17.2. The standard InChI is InChI=1S/C23H25N5O4S2/c1-30-16-8-6-15(7-9-16)18-12-19(20-5-3-11-32-20)28(27-18)21(29)14-33-23-26-25-22(34-23)24-13-17-4-2-10-31-17/h3,5-9,11,17,19H,2,4,10,12-14H2,1H3,(H,24,25)/t17-,19+/m0/s1. The van der Waals surface area contributed by atoms with E-state index in [0.29, 0.717) is 12.2 Å². The van der Waals surface area contributed by atoms with Gasteiger partial charge in [-0.15, -0.1) is 10.2 Å². The number of carbonyl (C=O) groups is 1. The number of thioether (sulfide) groups is 1. The van der Waals surface area contributed by atoms with Crippen molar-refractivity contribution in [2.75, 3.05) is 31.3 Å². The number of nitrogens with zero attached hydrogens (tertiary/aromatic N) is 4. The van der Waals surface area contributed by atoms with Crippen molar-refractivity contribution in [3.8, 4) is 5.75 Å². The van der Waals surface area contributed by atoms with Crippen LogP contribution < -0.4 is 10.1 Å². The zero-order valence-electron chi connectivity index (χ0n) is 18.7. The Balaban J connectivity index is 1.23. The van der Waals surface area contributed by atoms with E-state index in [1.54, 1.807) is 13.4 Å². The van der Waals surface area contributed by atoms with Crippen LogP contribution in [0.25, 0.3) is 0 Å². The number of hydrogen-bond acceptors (Lipinski definition) is 10. The van der Waals surface area contributed by atoms with Crippen LogP contribution in [0.5, 0.6) is 5.75 Å². The lowest BCUT2D eigenvalue weighted by molar-refractivity contribution is -0.130. The van der Waals surface area contributed by atoms with E-state index in [9.17, 15) is 4.79 Å². The van der Waals surface area contributed by atoms with E-state index in [0.717, 1.165) is 52.5 Å². The van der Waals surface area contributed by atoms with Gasteiger partial charge in [-0.3, -0.25) is 4.79 Å². The molecule has 2 aliphatic heterocycles. The Kier molecular flexibility index (Phi) is 7.12. The summed E-state index contributed by atoms with van der Waals surface area (Å²) in [6, 6.07) is 11.1. The fraction of sp³-hybridized carbons (Fsp3) is 0.391. The molecule has 0 unspecified atom stereocenters. The van der Waals surface area contributed by atoms with E-state index in [1.165, 1.54) is 28.1 Å². The van der Waals surface area contributed by atoms with Crippen molar-refractivity contribution in [1.82, 2.24) is 15.2 Å². The summed E-state index contributed by atoms with van der Waals surface area (Å²) in [5.74, 6) is 1.58. The van der Waals surface area contributed by atoms with Crippen molar-refractivity contribution in [3.05, 3.63) is 54.0 Å². The van der Waals surface area contributed by atoms with E-state index >= 15 is 0 Å². The van der Waals surface area contributed by atoms with Gasteiger partial charge in [0.15, 0.2) is 4.34 Å². The third-order valence-electron chi connectivity index (χ3n) is 5.69. The number of rotatable bonds is 9. The van der Waals surface area contributed by atoms with E-state index < -0.39 is 0 Å². The molecular formula is C23H25N5O4S2. The topological polar surface area (TPSA) is 102 Å². The summed E-state index contributed by atoms with van der Waals surface area (Å²) in [6.45, 7) is 1.55. The molecule has 5 rings (SSSR count). The van der Waals surface area contributed by atoms with Crippen LogP contribution in [0.1, 0.15) is 36.6 Å². The average Bonchev–Trinajstić information content (AvgIpc) is 3.68. The number of ether oxygens (including phenoxy) is 2. The molecule has 178 valence electrons. The van der Waals surface area contributed by atoms with Gasteiger partial charge >= 0.3 is 0 Å². The summed E-state index contributed by atoms with van der Waals surface area (Å²) >= 11 is 2.80. The van der Waals surface area contributed by atoms with Crippen molar-refractivity contribution >= 4 is 39.8 Å². The molecule has 0 saturated carbocycles. The van der Waals surface area contributed by atoms with E-state index in [-0.39, 0.29) is 23.8 Å². The summed E-state index contributed by atoms with van der Waals surface area (Å²) in [7, 11) is 1.63. The van der Waals surface area contributed by atoms with Gasteiger partial charge in [0.05, 0.1) is 30.9 Å². The maximum Gasteiger partial charge on any atom is 0.253 e. The summed E-state index contributed by atoms with van der Waals surface area (Å²) in [5, 5.41) is 18.6. The van der Waals surface area contributed by atoms with Crippen molar-refractivity contribution in [2.24, 2.45) is 5.10 Å². The summed E-state index contributed by atoms with van der Waals surface area (Å²) in [4.78, 5) is 13.2. The second-order valence-corrected chi connectivity index (χ2v) is 10.1. The smallest absolute Gasteiger partial charge is 0.253 e. The van der Waals surface area contributed by atoms with Gasteiger partial charge in [0.1, 0.15) is 17.6 Å². The van der Waals surface area contributed by atoms with Crippen molar-refractivity contribution in [1.29, 1.82) is 0 Å². The lowest BCUT2D eigenvalue weighted by Crippen LogP contribution is -2.28. The van der Waals surface area contributed by atoms with Crippen molar-refractivity contribution in [3.63, 3.8) is 0 Å². The quantitative estimate of drug-likeness (QED) is 0.437. The summed E-state index contributed by atoms with van der Waals surface area (Å²) in [6.07, 6.45) is 4.59. The van der Waals surface area contributed by atoms with Crippen LogP contribution in [-0.4, -0.2) is 58.9 Å². The number of anilines is 1. The molecule has 11 heteroatoms. The highest BCUT2D eigenvalue weighted by Gasteiger charge is 2.35. The third kappa shape index (κ3) is 5.26. The molecule has 4 heterocycles. The van der Waals surface area contributed by atoms with Gasteiger partial charge in [-0.2, -0.15) is 5.10 Å². The second-order valence-electron chi connectivity index (χ2n) is 7.93. The molecule has 1 fully saturated rings. The molecule has 34 heavy (non-hydrogen) atoms. The van der Waals surface area contributed by atoms with Gasteiger partial charge in [-0.05, 0) is 54.8 Å². The predicted molar refractivity (Wildman–Crippen MR) is 131 cm³/mol. The molecule has 0 radical (unpaired) electrons. The molecule has 9 nitrogen and oxygen atoms in total. The highest BCUT2D eigenvalue weighted by atomic mass is 32.2.